The average Bonchev–Trinajstić information content (AvgIpc) is 0.811. The molecule has 0 spiro atoms. The molecule has 0 saturated carbocycles. The molecule has 0 bridgehead atoms. The van der Waals surface area contributed by atoms with Gasteiger partial charge in [-0.15, -0.1) is 0 Å². The fourth-order valence-electron chi connectivity index (χ4n) is 0. The van der Waals surface area contributed by atoms with Crippen LogP contribution in [0.5, 0.6) is 0 Å². The van der Waals surface area contributed by atoms with Gasteiger partial charge in [0.15, 0.2) is 17.4 Å². The lowest BCUT2D eigenvalue weighted by Gasteiger charge is -1.59. The van der Waals surface area contributed by atoms with Gasteiger partial charge in [-0.3, -0.25) is 9.11 Å². The van der Waals surface area contributed by atoms with Crippen molar-refractivity contribution in [1.82, 2.24) is 0 Å². The van der Waals surface area contributed by atoms with Crippen molar-refractivity contribution < 1.29 is 13.3 Å². The van der Waals surface area contributed by atoms with E-state index in [2.05, 4.69) is 0 Å². The van der Waals surface area contributed by atoms with Crippen LogP contribution in [0.3, 0.4) is 0 Å². The van der Waals surface area contributed by atoms with Gasteiger partial charge in [0.2, 0.25) is 0 Å². The highest BCUT2D eigenvalue weighted by Crippen LogP contribution is 1.44. The average molecular weight is 138 g/mol. The summed E-state index contributed by atoms with van der Waals surface area (Å²) in [6, 6.07) is 0. The molecule has 6 heavy (non-hydrogen) atoms. The van der Waals surface area contributed by atoms with E-state index in [1.165, 1.54) is 0 Å². The molecule has 0 aliphatic carbocycles. The molecule has 0 fully saturated rings. The van der Waals surface area contributed by atoms with E-state index in [4.69, 9.17) is 13.3 Å². The molecule has 6 heteroatoms. The van der Waals surface area contributed by atoms with E-state index in [-0.39, 0.29) is 40.4 Å². The summed E-state index contributed by atoms with van der Waals surface area (Å²) >= 11 is -2.61. The second-order valence-corrected chi connectivity index (χ2v) is 0.692. The van der Waals surface area contributed by atoms with Crippen LogP contribution >= 0.6 is 0 Å². The first-order valence-electron chi connectivity index (χ1n) is 0.532. The summed E-state index contributed by atoms with van der Waals surface area (Å²) < 4.78 is 22.8. The molecule has 0 aliphatic heterocycles. The van der Waals surface area contributed by atoms with Crippen LogP contribution in [0.15, 0.2) is 0 Å². The quantitative estimate of drug-likeness (QED) is 0.289. The van der Waals surface area contributed by atoms with Crippen LogP contribution in [0.25, 0.3) is 0 Å². The van der Waals surface area contributed by atoms with Crippen molar-refractivity contribution in [2.24, 2.45) is 0 Å². The lowest BCUT2D eigenvalue weighted by atomic mass is 15.8. The number of hydrogen-bond acceptors (Lipinski definition) is 1. The summed E-state index contributed by atoms with van der Waals surface area (Å²) in [5.74, 6) is 0. The highest BCUT2D eigenvalue weighted by Gasteiger charge is 1.62. The molecule has 0 aliphatic rings. The van der Waals surface area contributed by atoms with Crippen LogP contribution in [0.2, 0.25) is 0 Å². The molecule has 0 unspecified atom stereocenters. The molecule has 0 aromatic heterocycles. The zero-order valence-corrected chi connectivity index (χ0v) is 2.53. The van der Waals surface area contributed by atoms with E-state index >= 15 is 0 Å². The van der Waals surface area contributed by atoms with Gasteiger partial charge in [0.25, 0.3) is 11.4 Å². The lowest BCUT2D eigenvalue weighted by molar-refractivity contribution is 0.454. The van der Waals surface area contributed by atoms with E-state index in [1.807, 2.05) is 0 Å². The lowest BCUT2D eigenvalue weighted by Crippen LogP contribution is -1.74. The van der Waals surface area contributed by atoms with Gasteiger partial charge in [-0.05, 0) is 0 Å². The second kappa shape index (κ2) is 9.62. The minimum Gasteiger partial charge on any atom is -0.284 e. The molecule has 0 aromatic carbocycles. The topological polar surface area (TPSA) is 57.5 Å². The maximum absolute atomic E-state index is 8.67. The van der Waals surface area contributed by atoms with Crippen LogP contribution in [-0.2, 0) is 11.4 Å². The Bertz CT molecular complexity index is 33.8. The van der Waals surface area contributed by atoms with Crippen molar-refractivity contribution in [2.75, 3.05) is 0 Å². The summed E-state index contributed by atoms with van der Waals surface area (Å²) in [4.78, 5) is 0. The minimum atomic E-state index is -2.61. The third-order valence-corrected chi connectivity index (χ3v) is 0. The van der Waals surface area contributed by atoms with Gasteiger partial charge in [-0.2, -0.15) is 4.21 Å². The molecule has 0 saturated heterocycles. The van der Waals surface area contributed by atoms with E-state index in [0.29, 0.717) is 0 Å². The van der Waals surface area contributed by atoms with Gasteiger partial charge >= 0.3 is 23.1 Å². The Kier molecular flexibility index (Phi) is 25.1. The Hall–Kier alpha value is 1.37. The van der Waals surface area contributed by atoms with Gasteiger partial charge < -0.3 is 0 Å². The molecular formula is H7AlMgO3S. The first-order valence-corrected chi connectivity index (χ1v) is 1.60. The zero-order valence-electron chi connectivity index (χ0n) is 1.71. The fraction of sp³-hybridized carbons (Fsp3) is 0. The van der Waals surface area contributed by atoms with Crippen molar-refractivity contribution in [3.8, 4) is 0 Å². The SMILES string of the molecule is O=S(O)O.[AlH3].[MgH2]. The van der Waals surface area contributed by atoms with Crippen LogP contribution in [0.1, 0.15) is 0 Å². The first kappa shape index (κ1) is 15.7. The van der Waals surface area contributed by atoms with E-state index in [1.54, 1.807) is 0 Å². The van der Waals surface area contributed by atoms with E-state index in [0.717, 1.165) is 0 Å². The molecule has 0 atom stereocenters. The van der Waals surface area contributed by atoms with Crippen molar-refractivity contribution in [2.45, 2.75) is 0 Å². The van der Waals surface area contributed by atoms with Crippen LogP contribution < -0.4 is 0 Å². The zero-order chi connectivity index (χ0) is 3.58. The predicted octanol–water partition coefficient (Wildman–Crippen LogP) is -2.42. The summed E-state index contributed by atoms with van der Waals surface area (Å²) in [6.45, 7) is 0. The molecule has 0 rings (SSSR count). The van der Waals surface area contributed by atoms with Gasteiger partial charge in [-0.1, -0.05) is 0 Å². The second-order valence-electron chi connectivity index (χ2n) is 0.231. The Labute approximate surface area is 64.9 Å². The van der Waals surface area contributed by atoms with Crippen LogP contribution in [0, 0.1) is 0 Å². The minimum absolute atomic E-state index is 0. The largest absolute Gasteiger partial charge is 0.316 e. The number of hydrogen-bond donors (Lipinski definition) is 2. The molecule has 0 radical (unpaired) electrons. The molecule has 0 heterocycles. The highest BCUT2D eigenvalue weighted by atomic mass is 32.2. The Morgan fingerprint density at radius 1 is 1.33 bits per heavy atom. The molecule has 2 N–H and O–H groups in total. The highest BCUT2D eigenvalue weighted by molar-refractivity contribution is 7.73. The maximum atomic E-state index is 8.67. The molecular weight excluding hydrogens is 131 g/mol. The van der Waals surface area contributed by atoms with Gasteiger partial charge in [0, 0.05) is 0 Å². The number of rotatable bonds is 0. The van der Waals surface area contributed by atoms with Gasteiger partial charge in [-0.25, -0.2) is 0 Å². The monoisotopic (exact) mass is 138 g/mol. The van der Waals surface area contributed by atoms with E-state index < -0.39 is 11.4 Å². The smallest absolute Gasteiger partial charge is 0.284 e. The molecule has 36 valence electrons. The Morgan fingerprint density at radius 2 is 1.33 bits per heavy atom. The molecule has 0 aromatic rings. The third kappa shape index (κ3) is 54.7. The first-order chi connectivity index (χ1) is 1.73. The van der Waals surface area contributed by atoms with Crippen molar-refractivity contribution in [1.29, 1.82) is 0 Å². The Morgan fingerprint density at radius 3 is 1.33 bits per heavy atom. The van der Waals surface area contributed by atoms with Crippen molar-refractivity contribution in [3.05, 3.63) is 0 Å². The maximum Gasteiger partial charge on any atom is 0.316 e. The van der Waals surface area contributed by atoms with Crippen LogP contribution in [-0.4, -0.2) is 53.7 Å². The summed E-state index contributed by atoms with van der Waals surface area (Å²) in [5, 5.41) is 0. The summed E-state index contributed by atoms with van der Waals surface area (Å²) in [7, 11) is 0. The molecule has 0 amide bonds. The summed E-state index contributed by atoms with van der Waals surface area (Å²) in [5.41, 5.74) is 0. The van der Waals surface area contributed by atoms with Crippen molar-refractivity contribution >= 4 is 51.8 Å². The van der Waals surface area contributed by atoms with Crippen molar-refractivity contribution in [3.63, 3.8) is 0 Å². The van der Waals surface area contributed by atoms with E-state index in [9.17, 15) is 0 Å². The Balaban J connectivity index is -0.0000000450. The third-order valence-electron chi connectivity index (χ3n) is 0. The van der Waals surface area contributed by atoms with Crippen LogP contribution in [0.4, 0.5) is 0 Å². The normalized spacial score (nSPS) is 5.83. The standard InChI is InChI=1S/Al.Mg.H2O3S.5H/c;;1-4(2)3;;;;;/h;;(H2,1,2,3);;;;;. The predicted molar refractivity (Wildman–Crippen MR) is 31.9 cm³/mol. The van der Waals surface area contributed by atoms with Gasteiger partial charge in [0.05, 0.1) is 0 Å². The van der Waals surface area contributed by atoms with Gasteiger partial charge in [0.1, 0.15) is 0 Å². The fourth-order valence-corrected chi connectivity index (χ4v) is 0. The summed E-state index contributed by atoms with van der Waals surface area (Å²) in [6.07, 6.45) is 0. The molecule has 3 nitrogen and oxygen atoms in total.